The van der Waals surface area contributed by atoms with Gasteiger partial charge < -0.3 is 10.1 Å². The van der Waals surface area contributed by atoms with E-state index in [1.165, 1.54) is 4.90 Å². The molecule has 1 aliphatic rings. The molecule has 6 heteroatoms. The first-order valence-electron chi connectivity index (χ1n) is 6.68. The van der Waals surface area contributed by atoms with E-state index in [0.717, 1.165) is 5.56 Å². The molecule has 0 radical (unpaired) electrons. The van der Waals surface area contributed by atoms with E-state index in [0.29, 0.717) is 24.4 Å². The highest BCUT2D eigenvalue weighted by molar-refractivity contribution is 6.22. The maximum atomic E-state index is 12.0. The second-order valence-electron chi connectivity index (χ2n) is 4.67. The van der Waals surface area contributed by atoms with Crippen LogP contribution in [0.2, 0.25) is 0 Å². The van der Waals surface area contributed by atoms with Crippen LogP contribution in [-0.4, -0.2) is 24.1 Å². The van der Waals surface area contributed by atoms with E-state index in [1.54, 1.807) is 31.2 Å². The van der Waals surface area contributed by atoms with Crippen molar-refractivity contribution in [1.82, 2.24) is 5.32 Å². The normalized spacial score (nSPS) is 18.4. The third kappa shape index (κ3) is 3.76. The van der Waals surface area contributed by atoms with Crippen LogP contribution in [0.5, 0.6) is 0 Å². The number of nitrogens with zero attached hydrogens (tertiary/aromatic N) is 1. The quantitative estimate of drug-likeness (QED) is 0.528. The average Bonchev–Trinajstić information content (AvgIpc) is 2.39. The van der Waals surface area contributed by atoms with E-state index in [1.807, 2.05) is 0 Å². The first-order valence-corrected chi connectivity index (χ1v) is 7.12. The highest BCUT2D eigenvalue weighted by atomic mass is 35.5. The molecular weight excluding hydrogens is 292 g/mol. The number of ether oxygens (including phenoxy) is 1. The number of anilines is 1. The molecule has 1 aromatic rings. The van der Waals surface area contributed by atoms with Crippen molar-refractivity contribution in [3.63, 3.8) is 0 Å². The van der Waals surface area contributed by atoms with Crippen molar-refractivity contribution in [2.75, 3.05) is 11.5 Å². The number of halogens is 1. The zero-order valence-electron chi connectivity index (χ0n) is 11.8. The lowest BCUT2D eigenvalue weighted by Gasteiger charge is -2.32. The Balaban J connectivity index is 2.10. The third-order valence-corrected chi connectivity index (χ3v) is 3.33. The van der Waals surface area contributed by atoms with Gasteiger partial charge in [-0.15, -0.1) is 0 Å². The van der Waals surface area contributed by atoms with E-state index >= 15 is 0 Å². The summed E-state index contributed by atoms with van der Waals surface area (Å²) in [5.74, 6) is -0.268. The second-order valence-corrected chi connectivity index (χ2v) is 5.20. The van der Waals surface area contributed by atoms with E-state index in [4.69, 9.17) is 16.3 Å². The molecule has 0 bridgehead atoms. The van der Waals surface area contributed by atoms with Crippen molar-refractivity contribution in [3.8, 4) is 0 Å². The van der Waals surface area contributed by atoms with Crippen molar-refractivity contribution in [3.05, 3.63) is 42.1 Å². The van der Waals surface area contributed by atoms with Gasteiger partial charge in [-0.1, -0.05) is 30.3 Å². The lowest BCUT2D eigenvalue weighted by atomic mass is 10.1. The van der Waals surface area contributed by atoms with Gasteiger partial charge in [0.05, 0.1) is 18.7 Å². The Morgan fingerprint density at radius 3 is 2.71 bits per heavy atom. The summed E-state index contributed by atoms with van der Waals surface area (Å²) in [6.45, 7) is 6.01. The van der Waals surface area contributed by atoms with Crippen molar-refractivity contribution < 1.29 is 14.3 Å². The highest BCUT2D eigenvalue weighted by Crippen LogP contribution is 2.26. The van der Waals surface area contributed by atoms with Gasteiger partial charge in [-0.05, 0) is 24.6 Å². The van der Waals surface area contributed by atoms with Crippen LogP contribution in [0.3, 0.4) is 0 Å². The minimum Gasteiger partial charge on any atom is -0.466 e. The van der Waals surface area contributed by atoms with Gasteiger partial charge >= 0.3 is 12.0 Å². The summed E-state index contributed by atoms with van der Waals surface area (Å²) in [5, 5.41) is 2.64. The number of esters is 1. The molecule has 1 atom stereocenters. The predicted molar refractivity (Wildman–Crippen MR) is 81.2 cm³/mol. The molecule has 21 heavy (non-hydrogen) atoms. The first kappa shape index (κ1) is 15.4. The number of hydrogen-bond acceptors (Lipinski definition) is 3. The third-order valence-electron chi connectivity index (χ3n) is 3.06. The summed E-state index contributed by atoms with van der Waals surface area (Å²) in [6, 6.07) is 6.82. The smallest absolute Gasteiger partial charge is 0.327 e. The number of benzene rings is 1. The molecule has 0 aliphatic carbocycles. The van der Waals surface area contributed by atoms with Crippen LogP contribution in [0.15, 0.2) is 36.5 Å². The van der Waals surface area contributed by atoms with Crippen LogP contribution in [0, 0.1) is 0 Å². The van der Waals surface area contributed by atoms with Gasteiger partial charge in [-0.2, -0.15) is 0 Å². The fourth-order valence-corrected chi connectivity index (χ4v) is 2.40. The summed E-state index contributed by atoms with van der Waals surface area (Å²) in [6.07, 6.45) is 0.697. The summed E-state index contributed by atoms with van der Waals surface area (Å²) in [7, 11) is 0. The molecule has 1 saturated heterocycles. The Labute approximate surface area is 128 Å². The molecule has 5 nitrogen and oxygen atoms in total. The molecule has 1 heterocycles. The number of alkyl halides is 1. The minimum absolute atomic E-state index is 0.213. The molecule has 1 aromatic carbocycles. The number of carbonyl (C=O) groups excluding carboxylic acids is 2. The van der Waals surface area contributed by atoms with Gasteiger partial charge in [0.2, 0.25) is 0 Å². The van der Waals surface area contributed by atoms with Gasteiger partial charge in [0.25, 0.3) is 0 Å². The van der Waals surface area contributed by atoms with Gasteiger partial charge in [-0.3, -0.25) is 9.69 Å². The van der Waals surface area contributed by atoms with Gasteiger partial charge in [0.1, 0.15) is 5.50 Å². The monoisotopic (exact) mass is 308 g/mol. The van der Waals surface area contributed by atoms with Crippen LogP contribution in [0.4, 0.5) is 10.5 Å². The lowest BCUT2D eigenvalue weighted by molar-refractivity contribution is -0.142. The first-order chi connectivity index (χ1) is 10.0. The lowest BCUT2D eigenvalue weighted by Crippen LogP contribution is -2.48. The predicted octanol–water partition coefficient (Wildman–Crippen LogP) is 2.79. The topological polar surface area (TPSA) is 58.6 Å². The zero-order valence-corrected chi connectivity index (χ0v) is 12.5. The number of amides is 2. The number of hydrogen-bond donors (Lipinski definition) is 1. The van der Waals surface area contributed by atoms with Crippen LogP contribution in [0.25, 0.3) is 0 Å². The summed E-state index contributed by atoms with van der Waals surface area (Å²) >= 11 is 5.90. The van der Waals surface area contributed by atoms with E-state index in [-0.39, 0.29) is 18.4 Å². The van der Waals surface area contributed by atoms with Crippen molar-refractivity contribution in [1.29, 1.82) is 0 Å². The maximum absolute atomic E-state index is 12.0. The fraction of sp³-hybridized carbons (Fsp3) is 0.333. The van der Waals surface area contributed by atoms with Crippen molar-refractivity contribution in [2.45, 2.75) is 25.3 Å². The second kappa shape index (κ2) is 6.63. The van der Waals surface area contributed by atoms with E-state index in [9.17, 15) is 9.59 Å². The molecule has 1 aliphatic heterocycles. The standard InChI is InChI=1S/C15H17ClN2O3/c1-3-21-14(19)9-11-4-6-12(7-5-11)18-10(2)8-13(16)17-15(18)20/h4-7,13H,2-3,8-9H2,1H3,(H,17,20). The number of carbonyl (C=O) groups is 2. The van der Waals surface area contributed by atoms with Crippen LogP contribution in [0.1, 0.15) is 18.9 Å². The molecule has 2 rings (SSSR count). The number of urea groups is 1. The molecule has 1 fully saturated rings. The van der Waals surface area contributed by atoms with Crippen LogP contribution < -0.4 is 10.2 Å². The molecule has 0 aromatic heterocycles. The summed E-state index contributed by atoms with van der Waals surface area (Å²) in [4.78, 5) is 24.9. The molecular formula is C15H17ClN2O3. The molecule has 0 saturated carbocycles. The minimum atomic E-state index is -0.427. The van der Waals surface area contributed by atoms with Crippen LogP contribution >= 0.6 is 11.6 Å². The maximum Gasteiger partial charge on any atom is 0.327 e. The zero-order chi connectivity index (χ0) is 15.4. The number of rotatable bonds is 4. The van der Waals surface area contributed by atoms with Gasteiger partial charge in [-0.25, -0.2) is 4.79 Å². The average molecular weight is 309 g/mol. The highest BCUT2D eigenvalue weighted by Gasteiger charge is 2.27. The Morgan fingerprint density at radius 2 is 2.14 bits per heavy atom. The molecule has 2 amide bonds. The SMILES string of the molecule is C=C1CC(Cl)NC(=O)N1c1ccc(CC(=O)OCC)cc1. The van der Waals surface area contributed by atoms with E-state index < -0.39 is 5.50 Å². The Kier molecular flexibility index (Phi) is 4.85. The van der Waals surface area contributed by atoms with Crippen molar-refractivity contribution in [2.24, 2.45) is 0 Å². The number of nitrogens with one attached hydrogen (secondary N) is 1. The van der Waals surface area contributed by atoms with Crippen molar-refractivity contribution >= 4 is 29.3 Å². The Hall–Kier alpha value is -2.01. The molecule has 112 valence electrons. The summed E-state index contributed by atoms with van der Waals surface area (Å²) < 4.78 is 4.90. The van der Waals surface area contributed by atoms with E-state index in [2.05, 4.69) is 11.9 Å². The summed E-state index contributed by atoms with van der Waals surface area (Å²) in [5.41, 5.74) is 1.73. The molecule has 1 unspecified atom stereocenters. The molecule has 1 N–H and O–H groups in total. The Bertz CT molecular complexity index is 539. The van der Waals surface area contributed by atoms with Crippen LogP contribution in [-0.2, 0) is 16.0 Å². The van der Waals surface area contributed by atoms with Gasteiger partial charge in [0.15, 0.2) is 0 Å². The molecule has 0 spiro atoms. The largest absolute Gasteiger partial charge is 0.466 e. The fourth-order valence-electron chi connectivity index (χ4n) is 2.13. The van der Waals surface area contributed by atoms with Gasteiger partial charge in [0, 0.05) is 12.1 Å². The Morgan fingerprint density at radius 1 is 1.48 bits per heavy atom.